The summed E-state index contributed by atoms with van der Waals surface area (Å²) in [5.74, 6) is 0.847. The summed E-state index contributed by atoms with van der Waals surface area (Å²) >= 11 is 1.65. The first-order valence-electron chi connectivity index (χ1n) is 7.22. The van der Waals surface area contributed by atoms with Gasteiger partial charge in [-0.1, -0.05) is 0 Å². The molecular weight excluding hydrogens is 302 g/mol. The summed E-state index contributed by atoms with van der Waals surface area (Å²) in [6.45, 7) is 1.85. The molecule has 0 saturated carbocycles. The number of thiophene rings is 1. The number of nitrogens with zero attached hydrogens (tertiary/aromatic N) is 2. The molecule has 1 N–H and O–H groups in total. The van der Waals surface area contributed by atoms with Crippen molar-refractivity contribution < 1.29 is 14.0 Å². The lowest BCUT2D eigenvalue weighted by Crippen LogP contribution is -2.45. The van der Waals surface area contributed by atoms with Crippen LogP contribution in [0.1, 0.15) is 34.9 Å². The van der Waals surface area contributed by atoms with E-state index >= 15 is 0 Å². The number of urea groups is 1. The molecular formula is C15H15N3O3S. The molecule has 1 aliphatic heterocycles. The standard InChI is InChI=1S/C15H15N3O3S/c1-9-16-7-10(21-9)8-18-13(19)15(17-14(18)20)5-2-3-12-11(15)4-6-22-12/h4,6-7H,2-3,5,8H2,1H3,(H,17,20). The summed E-state index contributed by atoms with van der Waals surface area (Å²) in [5.41, 5.74) is 0.0677. The number of carbonyl (C=O) groups excluding carboxylic acids is 2. The predicted octanol–water partition coefficient (Wildman–Crippen LogP) is 2.33. The first kappa shape index (κ1) is 13.5. The van der Waals surface area contributed by atoms with Gasteiger partial charge in [0.2, 0.25) is 0 Å². The monoisotopic (exact) mass is 317 g/mol. The van der Waals surface area contributed by atoms with Gasteiger partial charge in [0.25, 0.3) is 5.91 Å². The number of rotatable bonds is 2. The van der Waals surface area contributed by atoms with Gasteiger partial charge in [0.05, 0.1) is 12.7 Å². The van der Waals surface area contributed by atoms with Gasteiger partial charge in [-0.2, -0.15) is 0 Å². The summed E-state index contributed by atoms with van der Waals surface area (Å²) in [7, 11) is 0. The Morgan fingerprint density at radius 2 is 2.36 bits per heavy atom. The van der Waals surface area contributed by atoms with Gasteiger partial charge in [0, 0.05) is 17.4 Å². The van der Waals surface area contributed by atoms with Crippen LogP contribution in [0.15, 0.2) is 22.1 Å². The average molecular weight is 317 g/mol. The third-order valence-corrected chi connectivity index (χ3v) is 5.30. The fourth-order valence-electron chi connectivity index (χ4n) is 3.32. The third-order valence-electron chi connectivity index (χ3n) is 4.32. The molecule has 1 atom stereocenters. The van der Waals surface area contributed by atoms with Crippen LogP contribution in [0.25, 0.3) is 0 Å². The van der Waals surface area contributed by atoms with Crippen molar-refractivity contribution in [3.8, 4) is 0 Å². The van der Waals surface area contributed by atoms with Gasteiger partial charge in [-0.25, -0.2) is 9.78 Å². The van der Waals surface area contributed by atoms with Crippen LogP contribution in [-0.4, -0.2) is 21.8 Å². The number of aromatic nitrogens is 1. The molecule has 2 aliphatic rings. The molecule has 1 aliphatic carbocycles. The molecule has 4 rings (SSSR count). The largest absolute Gasteiger partial charge is 0.444 e. The second-order valence-corrected chi connectivity index (χ2v) is 6.68. The second kappa shape index (κ2) is 4.67. The zero-order valence-corrected chi connectivity index (χ0v) is 12.9. The number of fused-ring (bicyclic) bond motifs is 2. The molecule has 0 radical (unpaired) electrons. The fourth-order valence-corrected chi connectivity index (χ4v) is 4.32. The van der Waals surface area contributed by atoms with Crippen molar-refractivity contribution in [3.63, 3.8) is 0 Å². The maximum Gasteiger partial charge on any atom is 0.325 e. The summed E-state index contributed by atoms with van der Waals surface area (Å²) in [6.07, 6.45) is 4.07. The minimum absolute atomic E-state index is 0.118. The third kappa shape index (κ3) is 1.81. The van der Waals surface area contributed by atoms with E-state index in [1.165, 1.54) is 9.78 Å². The number of carbonyl (C=O) groups is 2. The van der Waals surface area contributed by atoms with E-state index in [0.717, 1.165) is 18.4 Å². The quantitative estimate of drug-likeness (QED) is 0.863. The van der Waals surface area contributed by atoms with Crippen LogP contribution in [0, 0.1) is 6.92 Å². The number of hydrogen-bond acceptors (Lipinski definition) is 5. The Balaban J connectivity index is 1.68. The molecule has 3 heterocycles. The number of nitrogens with one attached hydrogen (secondary N) is 1. The van der Waals surface area contributed by atoms with Crippen LogP contribution in [-0.2, 0) is 23.3 Å². The number of amides is 3. The Hall–Kier alpha value is -2.15. The van der Waals surface area contributed by atoms with Gasteiger partial charge in [0.1, 0.15) is 11.3 Å². The molecule has 2 aromatic heterocycles. The molecule has 22 heavy (non-hydrogen) atoms. The zero-order chi connectivity index (χ0) is 15.3. The lowest BCUT2D eigenvalue weighted by molar-refractivity contribution is -0.132. The van der Waals surface area contributed by atoms with E-state index in [4.69, 9.17) is 4.42 Å². The molecule has 0 aromatic carbocycles. The van der Waals surface area contributed by atoms with Crippen molar-refractivity contribution in [2.75, 3.05) is 0 Å². The van der Waals surface area contributed by atoms with Gasteiger partial charge in [0.15, 0.2) is 5.89 Å². The Morgan fingerprint density at radius 1 is 1.50 bits per heavy atom. The van der Waals surface area contributed by atoms with Crippen molar-refractivity contribution in [1.29, 1.82) is 0 Å². The highest BCUT2D eigenvalue weighted by Gasteiger charge is 2.54. The van der Waals surface area contributed by atoms with Crippen LogP contribution in [0.4, 0.5) is 4.79 Å². The van der Waals surface area contributed by atoms with E-state index in [1.54, 1.807) is 24.5 Å². The maximum absolute atomic E-state index is 12.9. The average Bonchev–Trinajstić information content (AvgIpc) is 3.17. The number of aryl methyl sites for hydroxylation is 2. The van der Waals surface area contributed by atoms with E-state index in [9.17, 15) is 9.59 Å². The SMILES string of the molecule is Cc1ncc(CN2C(=O)NC3(CCCc4sccc43)C2=O)o1. The van der Waals surface area contributed by atoms with Gasteiger partial charge < -0.3 is 9.73 Å². The summed E-state index contributed by atoms with van der Waals surface area (Å²) < 4.78 is 5.39. The number of hydrogen-bond donors (Lipinski definition) is 1. The molecule has 6 nitrogen and oxygen atoms in total. The number of oxazole rings is 1. The van der Waals surface area contributed by atoms with E-state index < -0.39 is 5.54 Å². The van der Waals surface area contributed by atoms with Crippen molar-refractivity contribution in [3.05, 3.63) is 39.7 Å². The number of imide groups is 1. The molecule has 2 aromatic rings. The molecule has 7 heteroatoms. The highest BCUT2D eigenvalue weighted by atomic mass is 32.1. The van der Waals surface area contributed by atoms with E-state index in [0.29, 0.717) is 18.1 Å². The Morgan fingerprint density at radius 3 is 3.14 bits per heavy atom. The highest BCUT2D eigenvalue weighted by Crippen LogP contribution is 2.42. The first-order chi connectivity index (χ1) is 10.6. The maximum atomic E-state index is 12.9. The van der Waals surface area contributed by atoms with Crippen molar-refractivity contribution in [2.24, 2.45) is 0 Å². The summed E-state index contributed by atoms with van der Waals surface area (Å²) in [6, 6.07) is 1.59. The minimum Gasteiger partial charge on any atom is -0.444 e. The molecule has 1 saturated heterocycles. The second-order valence-electron chi connectivity index (χ2n) is 5.68. The van der Waals surface area contributed by atoms with E-state index in [1.807, 2.05) is 11.4 Å². The molecule has 1 fully saturated rings. The lowest BCUT2D eigenvalue weighted by Gasteiger charge is -2.31. The minimum atomic E-state index is -0.889. The lowest BCUT2D eigenvalue weighted by atomic mass is 9.80. The van der Waals surface area contributed by atoms with Crippen LogP contribution in [0.2, 0.25) is 0 Å². The Bertz CT molecular complexity index is 766. The molecule has 1 unspecified atom stereocenters. The van der Waals surface area contributed by atoms with Crippen molar-refractivity contribution >= 4 is 23.3 Å². The molecule has 114 valence electrons. The van der Waals surface area contributed by atoms with Crippen LogP contribution in [0.5, 0.6) is 0 Å². The van der Waals surface area contributed by atoms with Crippen LogP contribution in [0.3, 0.4) is 0 Å². The smallest absolute Gasteiger partial charge is 0.325 e. The van der Waals surface area contributed by atoms with Crippen molar-refractivity contribution in [1.82, 2.24) is 15.2 Å². The van der Waals surface area contributed by atoms with Gasteiger partial charge in [-0.3, -0.25) is 9.69 Å². The predicted molar refractivity (Wildman–Crippen MR) is 79.3 cm³/mol. The molecule has 3 amide bonds. The van der Waals surface area contributed by atoms with Gasteiger partial charge in [-0.15, -0.1) is 11.3 Å². The van der Waals surface area contributed by atoms with Gasteiger partial charge in [-0.05, 0) is 30.7 Å². The van der Waals surface area contributed by atoms with E-state index in [-0.39, 0.29) is 18.5 Å². The van der Waals surface area contributed by atoms with Gasteiger partial charge >= 0.3 is 6.03 Å². The summed E-state index contributed by atoms with van der Waals surface area (Å²) in [4.78, 5) is 31.7. The van der Waals surface area contributed by atoms with Crippen molar-refractivity contribution in [2.45, 2.75) is 38.3 Å². The van der Waals surface area contributed by atoms with E-state index in [2.05, 4.69) is 10.3 Å². The fraction of sp³-hybridized carbons (Fsp3) is 0.400. The van der Waals surface area contributed by atoms with Crippen LogP contribution < -0.4 is 5.32 Å². The normalized spacial score (nSPS) is 24.0. The Kier molecular flexibility index (Phi) is 2.87. The first-order valence-corrected chi connectivity index (χ1v) is 8.10. The summed E-state index contributed by atoms with van der Waals surface area (Å²) in [5, 5.41) is 4.91. The molecule has 0 bridgehead atoms. The Labute approximate surface area is 131 Å². The highest BCUT2D eigenvalue weighted by molar-refractivity contribution is 7.10. The molecule has 1 spiro atoms. The zero-order valence-electron chi connectivity index (χ0n) is 12.1. The van der Waals surface area contributed by atoms with Crippen LogP contribution >= 0.6 is 11.3 Å². The topological polar surface area (TPSA) is 75.4 Å².